The molecule has 3 nitrogen and oxygen atoms in total. The lowest BCUT2D eigenvalue weighted by molar-refractivity contribution is 0.590. The number of anilines is 6. The van der Waals surface area contributed by atoms with Crippen LogP contribution in [0, 0.1) is 6.92 Å². The van der Waals surface area contributed by atoms with E-state index in [9.17, 15) is 0 Å². The first kappa shape index (κ1) is 31.6. The molecule has 2 aliphatic rings. The predicted octanol–water partition coefficient (Wildman–Crippen LogP) is 10.7. The van der Waals surface area contributed by atoms with E-state index >= 15 is 0 Å². The standard InChI is InChI=1S/C45H47BN2O/c1-28-25-37-40-38(26-28)48(33-22-17-30(18-23-33)44(5,6)7)41-34-13-11-12-14-39(34)49-42(41)46(40)35-27-31(45(8,9)10)19-24-36(35)47(37)32-20-15-29(16-21-32)43(2,3)4/h11-27H,1-10H3. The first-order valence-corrected chi connectivity index (χ1v) is 17.7. The number of rotatable bonds is 2. The Labute approximate surface area is 292 Å². The van der Waals surface area contributed by atoms with E-state index < -0.39 is 0 Å². The molecule has 0 saturated carbocycles. The van der Waals surface area contributed by atoms with Crippen molar-refractivity contribution in [2.75, 3.05) is 9.80 Å². The maximum atomic E-state index is 7.02. The summed E-state index contributed by atoms with van der Waals surface area (Å²) >= 11 is 0. The summed E-state index contributed by atoms with van der Waals surface area (Å²) in [7, 11) is 0. The third kappa shape index (κ3) is 5.02. The van der Waals surface area contributed by atoms with Gasteiger partial charge in [-0.2, -0.15) is 0 Å². The molecule has 0 bridgehead atoms. The molecule has 0 aliphatic carbocycles. The Kier molecular flexibility index (Phi) is 6.86. The SMILES string of the molecule is Cc1cc2c3c(c1)N(c1ccc(C(C)(C)C)cc1)c1c(oc4ccccc14)B3c1cc(C(C)(C)C)ccc1N2c1ccc(C(C)(C)C)cc1. The van der Waals surface area contributed by atoms with E-state index in [1.165, 1.54) is 55.9 Å². The van der Waals surface area contributed by atoms with Crippen LogP contribution in [0.15, 0.2) is 108 Å². The van der Waals surface area contributed by atoms with Crippen molar-refractivity contribution in [3.8, 4) is 0 Å². The number of aryl methyl sites for hydroxylation is 1. The average Bonchev–Trinajstić information content (AvgIpc) is 3.42. The van der Waals surface area contributed by atoms with Crippen LogP contribution in [0.1, 0.15) is 84.6 Å². The predicted molar refractivity (Wildman–Crippen MR) is 211 cm³/mol. The second kappa shape index (κ2) is 10.7. The molecule has 0 fully saturated rings. The number of para-hydroxylation sites is 1. The summed E-state index contributed by atoms with van der Waals surface area (Å²) in [6.45, 7) is 22.8. The van der Waals surface area contributed by atoms with Gasteiger partial charge in [-0.1, -0.05) is 111 Å². The Hall–Kier alpha value is -4.70. The van der Waals surface area contributed by atoms with Crippen molar-refractivity contribution in [3.05, 3.63) is 125 Å². The second-order valence-electron chi connectivity index (χ2n) is 17.2. The molecule has 0 unspecified atom stereocenters. The first-order valence-electron chi connectivity index (χ1n) is 17.7. The molecular weight excluding hydrogens is 595 g/mol. The Morgan fingerprint density at radius 3 is 1.61 bits per heavy atom. The summed E-state index contributed by atoms with van der Waals surface area (Å²) in [5, 5.41) is 1.14. The van der Waals surface area contributed by atoms with E-state index in [1.54, 1.807) is 0 Å². The highest BCUT2D eigenvalue weighted by atomic mass is 16.3. The van der Waals surface area contributed by atoms with Gasteiger partial charge in [-0.3, -0.25) is 0 Å². The molecule has 3 heterocycles. The fourth-order valence-electron chi connectivity index (χ4n) is 7.80. The quantitative estimate of drug-likeness (QED) is 0.175. The highest BCUT2D eigenvalue weighted by Gasteiger charge is 2.47. The molecule has 5 aromatic carbocycles. The van der Waals surface area contributed by atoms with E-state index in [4.69, 9.17) is 4.42 Å². The smallest absolute Gasteiger partial charge is 0.297 e. The highest BCUT2D eigenvalue weighted by Crippen LogP contribution is 2.47. The Morgan fingerprint density at radius 1 is 0.531 bits per heavy atom. The number of hydrogen-bond acceptors (Lipinski definition) is 3. The minimum atomic E-state index is -0.0551. The van der Waals surface area contributed by atoms with Gasteiger partial charge in [0, 0.05) is 33.8 Å². The summed E-state index contributed by atoms with van der Waals surface area (Å²) in [5.41, 5.74) is 16.9. The molecule has 0 amide bonds. The zero-order valence-electron chi connectivity index (χ0n) is 30.7. The Bertz CT molecular complexity index is 2240. The summed E-state index contributed by atoms with van der Waals surface area (Å²) in [5.74, 6) is 0. The van der Waals surface area contributed by atoms with Crippen LogP contribution in [0.5, 0.6) is 0 Å². The van der Waals surface area contributed by atoms with E-state index in [1.807, 2.05) is 0 Å². The van der Waals surface area contributed by atoms with Crippen LogP contribution in [-0.4, -0.2) is 6.71 Å². The van der Waals surface area contributed by atoms with Crippen LogP contribution in [-0.2, 0) is 16.2 Å². The molecule has 8 rings (SSSR count). The fraction of sp³-hybridized carbons (Fsp3) is 0.289. The molecule has 1 aromatic heterocycles. The summed E-state index contributed by atoms with van der Waals surface area (Å²) in [4.78, 5) is 4.96. The lowest BCUT2D eigenvalue weighted by atomic mass is 9.35. The van der Waals surface area contributed by atoms with Crippen molar-refractivity contribution in [1.82, 2.24) is 0 Å². The van der Waals surface area contributed by atoms with Crippen molar-refractivity contribution in [1.29, 1.82) is 0 Å². The zero-order chi connectivity index (χ0) is 34.6. The number of furan rings is 1. The van der Waals surface area contributed by atoms with Crippen molar-refractivity contribution < 1.29 is 4.42 Å². The summed E-state index contributed by atoms with van der Waals surface area (Å²) < 4.78 is 7.02. The van der Waals surface area contributed by atoms with Gasteiger partial charge in [0.25, 0.3) is 6.71 Å². The van der Waals surface area contributed by atoms with Crippen LogP contribution in [0.25, 0.3) is 11.0 Å². The Balaban J connectivity index is 1.46. The molecule has 0 saturated heterocycles. The van der Waals surface area contributed by atoms with E-state index in [2.05, 4.69) is 182 Å². The molecule has 49 heavy (non-hydrogen) atoms. The lowest BCUT2D eigenvalue weighted by Crippen LogP contribution is -2.61. The fourth-order valence-corrected chi connectivity index (χ4v) is 7.80. The maximum Gasteiger partial charge on any atom is 0.297 e. The van der Waals surface area contributed by atoms with Gasteiger partial charge in [-0.15, -0.1) is 0 Å². The van der Waals surface area contributed by atoms with Crippen LogP contribution < -0.4 is 26.4 Å². The molecule has 4 heteroatoms. The number of nitrogens with zero attached hydrogens (tertiary/aromatic N) is 2. The summed E-state index contributed by atoms with van der Waals surface area (Å²) in [6.07, 6.45) is 0. The van der Waals surface area contributed by atoms with Gasteiger partial charge in [-0.25, -0.2) is 0 Å². The number of hydrogen-bond donors (Lipinski definition) is 0. The van der Waals surface area contributed by atoms with Crippen LogP contribution in [0.3, 0.4) is 0 Å². The summed E-state index contributed by atoms with van der Waals surface area (Å²) in [6, 6.07) is 38.8. The van der Waals surface area contributed by atoms with E-state index in [-0.39, 0.29) is 23.0 Å². The lowest BCUT2D eigenvalue weighted by Gasteiger charge is -2.43. The van der Waals surface area contributed by atoms with Gasteiger partial charge in [0.2, 0.25) is 0 Å². The first-order chi connectivity index (χ1) is 23.1. The average molecular weight is 643 g/mol. The van der Waals surface area contributed by atoms with Crippen molar-refractivity contribution in [2.24, 2.45) is 0 Å². The van der Waals surface area contributed by atoms with Crippen LogP contribution in [0.4, 0.5) is 34.1 Å². The van der Waals surface area contributed by atoms with Gasteiger partial charge in [-0.05, 0) is 111 Å². The second-order valence-corrected chi connectivity index (χ2v) is 17.2. The largest absolute Gasteiger partial charge is 0.468 e. The van der Waals surface area contributed by atoms with Crippen molar-refractivity contribution in [3.63, 3.8) is 0 Å². The third-order valence-electron chi connectivity index (χ3n) is 10.6. The Morgan fingerprint density at radius 2 is 1.04 bits per heavy atom. The zero-order valence-corrected chi connectivity index (χ0v) is 30.7. The van der Waals surface area contributed by atoms with E-state index in [0.717, 1.165) is 28.0 Å². The van der Waals surface area contributed by atoms with Gasteiger partial charge >= 0.3 is 0 Å². The molecule has 0 radical (unpaired) electrons. The van der Waals surface area contributed by atoms with Crippen molar-refractivity contribution >= 4 is 68.4 Å². The minimum Gasteiger partial charge on any atom is -0.468 e. The third-order valence-corrected chi connectivity index (χ3v) is 10.6. The monoisotopic (exact) mass is 642 g/mol. The van der Waals surface area contributed by atoms with Crippen molar-refractivity contribution in [2.45, 2.75) is 85.5 Å². The minimum absolute atomic E-state index is 0.00316. The topological polar surface area (TPSA) is 19.6 Å². The van der Waals surface area contributed by atoms with Gasteiger partial charge in [0.05, 0.1) is 11.3 Å². The van der Waals surface area contributed by atoms with E-state index in [0.29, 0.717) is 0 Å². The number of fused-ring (bicyclic) bond motifs is 6. The van der Waals surface area contributed by atoms with Gasteiger partial charge in [0.15, 0.2) is 0 Å². The molecule has 0 N–H and O–H groups in total. The molecule has 246 valence electrons. The molecule has 6 aromatic rings. The van der Waals surface area contributed by atoms with Crippen LogP contribution in [0.2, 0.25) is 0 Å². The molecule has 0 atom stereocenters. The molecule has 0 spiro atoms. The molecule has 2 aliphatic heterocycles. The van der Waals surface area contributed by atoms with Gasteiger partial charge < -0.3 is 14.2 Å². The molecular formula is C45H47BN2O. The maximum absolute atomic E-state index is 7.02. The van der Waals surface area contributed by atoms with Crippen LogP contribution >= 0.6 is 0 Å². The number of benzene rings is 5. The highest BCUT2D eigenvalue weighted by molar-refractivity contribution is 7.00. The van der Waals surface area contributed by atoms with Gasteiger partial charge in [0.1, 0.15) is 5.58 Å². The normalized spacial score (nSPS) is 14.2.